The predicted molar refractivity (Wildman–Crippen MR) is 100 cm³/mol. The second-order valence-electron chi connectivity index (χ2n) is 6.18. The predicted octanol–water partition coefficient (Wildman–Crippen LogP) is 3.94. The smallest absolute Gasteiger partial charge is 0.273 e. The lowest BCUT2D eigenvalue weighted by molar-refractivity contribution is 0.0934. The summed E-state index contributed by atoms with van der Waals surface area (Å²) in [6.45, 7) is 0.312. The van der Waals surface area contributed by atoms with Crippen LogP contribution in [-0.4, -0.2) is 22.7 Å². The minimum absolute atomic E-state index is 0.168. The fourth-order valence-electron chi connectivity index (χ4n) is 3.03. The Morgan fingerprint density at radius 2 is 1.93 bits per heavy atom. The molecule has 0 aliphatic rings. The highest BCUT2D eigenvalue weighted by atomic mass is 16.5. The first-order valence-electron chi connectivity index (χ1n) is 8.67. The highest BCUT2D eigenvalue weighted by molar-refractivity contribution is 5.93. The summed E-state index contributed by atoms with van der Waals surface area (Å²) in [7, 11) is 0. The van der Waals surface area contributed by atoms with Crippen molar-refractivity contribution in [2.45, 2.75) is 12.5 Å². The third-order valence-electron chi connectivity index (χ3n) is 4.39. The van der Waals surface area contributed by atoms with Gasteiger partial charge in [0.05, 0.1) is 12.4 Å². The van der Waals surface area contributed by atoms with Gasteiger partial charge >= 0.3 is 0 Å². The molecule has 0 bridgehead atoms. The molecule has 2 heterocycles. The van der Waals surface area contributed by atoms with Crippen LogP contribution in [0.3, 0.4) is 0 Å². The molecule has 1 amide bonds. The van der Waals surface area contributed by atoms with Gasteiger partial charge in [-0.25, -0.2) is 0 Å². The number of benzene rings is 2. The lowest BCUT2D eigenvalue weighted by atomic mass is 9.99. The Morgan fingerprint density at radius 3 is 2.78 bits per heavy atom. The quantitative estimate of drug-likeness (QED) is 0.542. The van der Waals surface area contributed by atoms with Crippen LogP contribution in [0.4, 0.5) is 0 Å². The number of furan rings is 1. The van der Waals surface area contributed by atoms with Gasteiger partial charge in [0.15, 0.2) is 11.5 Å². The van der Waals surface area contributed by atoms with Gasteiger partial charge in [-0.05, 0) is 34.9 Å². The molecule has 6 nitrogen and oxygen atoms in total. The Kier molecular flexibility index (Phi) is 4.72. The first-order chi connectivity index (χ1) is 13.2. The molecule has 1 atom stereocenters. The van der Waals surface area contributed by atoms with E-state index in [4.69, 9.17) is 8.94 Å². The molecule has 0 radical (unpaired) electrons. The maximum Gasteiger partial charge on any atom is 0.273 e. The third kappa shape index (κ3) is 3.61. The average Bonchev–Trinajstić information content (AvgIpc) is 3.39. The minimum atomic E-state index is -0.674. The van der Waals surface area contributed by atoms with E-state index in [0.29, 0.717) is 24.5 Å². The molecule has 6 heteroatoms. The first kappa shape index (κ1) is 17.1. The van der Waals surface area contributed by atoms with Crippen molar-refractivity contribution in [2.75, 3.05) is 6.54 Å². The molecule has 0 spiro atoms. The molecule has 2 aromatic carbocycles. The van der Waals surface area contributed by atoms with E-state index in [1.165, 1.54) is 12.3 Å². The Hall–Kier alpha value is -3.38. The number of aromatic nitrogens is 1. The molecule has 0 aliphatic heterocycles. The van der Waals surface area contributed by atoms with Crippen LogP contribution in [-0.2, 0) is 0 Å². The second-order valence-corrected chi connectivity index (χ2v) is 6.18. The number of fused-ring (bicyclic) bond motifs is 1. The SMILES string of the molecule is O=C(NCCC(O)c1cccc2ccccc12)c1cc(-c2ccco2)on1. The number of amides is 1. The van der Waals surface area contributed by atoms with Gasteiger partial charge in [-0.3, -0.25) is 4.79 Å². The van der Waals surface area contributed by atoms with Crippen LogP contribution in [0.2, 0.25) is 0 Å². The normalized spacial score (nSPS) is 12.2. The number of carbonyl (C=O) groups is 1. The molecule has 2 N–H and O–H groups in total. The first-order valence-corrected chi connectivity index (χ1v) is 8.67. The van der Waals surface area contributed by atoms with E-state index < -0.39 is 6.10 Å². The summed E-state index contributed by atoms with van der Waals surface area (Å²) in [4.78, 5) is 12.2. The summed E-state index contributed by atoms with van der Waals surface area (Å²) in [6, 6.07) is 18.7. The molecule has 1 unspecified atom stereocenters. The third-order valence-corrected chi connectivity index (χ3v) is 4.39. The van der Waals surface area contributed by atoms with Gasteiger partial charge in [0.1, 0.15) is 0 Å². The van der Waals surface area contributed by atoms with Crippen LogP contribution in [0.15, 0.2) is 75.9 Å². The monoisotopic (exact) mass is 362 g/mol. The van der Waals surface area contributed by atoms with Gasteiger partial charge in [-0.1, -0.05) is 47.6 Å². The van der Waals surface area contributed by atoms with Gasteiger partial charge in [-0.15, -0.1) is 0 Å². The van der Waals surface area contributed by atoms with Crippen molar-refractivity contribution < 1.29 is 18.8 Å². The van der Waals surface area contributed by atoms with Crippen molar-refractivity contribution in [3.05, 3.63) is 78.2 Å². The van der Waals surface area contributed by atoms with Crippen LogP contribution < -0.4 is 5.32 Å². The Bertz CT molecular complexity index is 1050. The zero-order valence-corrected chi connectivity index (χ0v) is 14.5. The molecule has 27 heavy (non-hydrogen) atoms. The van der Waals surface area contributed by atoms with E-state index in [1.54, 1.807) is 12.1 Å². The molecule has 0 aliphatic carbocycles. The molecule has 4 aromatic rings. The van der Waals surface area contributed by atoms with Crippen LogP contribution in [0.25, 0.3) is 22.3 Å². The molecule has 0 saturated heterocycles. The van der Waals surface area contributed by atoms with Crippen molar-refractivity contribution in [1.82, 2.24) is 10.5 Å². The lowest BCUT2D eigenvalue weighted by Crippen LogP contribution is -2.25. The van der Waals surface area contributed by atoms with Gasteiger partial charge in [-0.2, -0.15) is 0 Å². The maximum atomic E-state index is 12.2. The number of hydrogen-bond acceptors (Lipinski definition) is 5. The molecule has 2 aromatic heterocycles. The lowest BCUT2D eigenvalue weighted by Gasteiger charge is -2.14. The largest absolute Gasteiger partial charge is 0.461 e. The standard InChI is InChI=1S/C21H18N2O4/c24-18(16-8-3-6-14-5-1-2-7-15(14)16)10-11-22-21(25)17-13-20(27-23-17)19-9-4-12-26-19/h1-9,12-13,18,24H,10-11H2,(H,22,25). The van der Waals surface area contributed by atoms with Crippen molar-refractivity contribution >= 4 is 16.7 Å². The zero-order valence-electron chi connectivity index (χ0n) is 14.5. The van der Waals surface area contributed by atoms with Gasteiger partial charge < -0.3 is 19.4 Å². The molecular formula is C21H18N2O4. The van der Waals surface area contributed by atoms with Gasteiger partial charge in [0.2, 0.25) is 5.76 Å². The summed E-state index contributed by atoms with van der Waals surface area (Å²) in [5.41, 5.74) is 1.02. The summed E-state index contributed by atoms with van der Waals surface area (Å²) < 4.78 is 10.3. The number of aliphatic hydroxyl groups excluding tert-OH is 1. The Balaban J connectivity index is 1.37. The number of aliphatic hydroxyl groups is 1. The average molecular weight is 362 g/mol. The highest BCUT2D eigenvalue weighted by Gasteiger charge is 2.16. The van der Waals surface area contributed by atoms with Crippen molar-refractivity contribution in [1.29, 1.82) is 0 Å². The summed E-state index contributed by atoms with van der Waals surface area (Å²) in [5.74, 6) is 0.538. The van der Waals surface area contributed by atoms with Crippen LogP contribution in [0.1, 0.15) is 28.6 Å². The van der Waals surface area contributed by atoms with Crippen LogP contribution in [0.5, 0.6) is 0 Å². The number of rotatable bonds is 6. The molecule has 0 saturated carbocycles. The fraction of sp³-hybridized carbons (Fsp3) is 0.143. The number of nitrogens with zero attached hydrogens (tertiary/aromatic N) is 1. The van der Waals surface area contributed by atoms with Crippen molar-refractivity contribution in [3.63, 3.8) is 0 Å². The van der Waals surface area contributed by atoms with E-state index in [0.717, 1.165) is 16.3 Å². The van der Waals surface area contributed by atoms with Crippen molar-refractivity contribution in [3.8, 4) is 11.5 Å². The van der Waals surface area contributed by atoms with E-state index >= 15 is 0 Å². The maximum absolute atomic E-state index is 12.2. The highest BCUT2D eigenvalue weighted by Crippen LogP contribution is 2.26. The summed E-state index contributed by atoms with van der Waals surface area (Å²) in [6.07, 6.45) is 1.24. The zero-order chi connectivity index (χ0) is 18.6. The fourth-order valence-corrected chi connectivity index (χ4v) is 3.03. The van der Waals surface area contributed by atoms with Crippen LogP contribution >= 0.6 is 0 Å². The molecule has 0 fully saturated rings. The Labute approximate surface area is 155 Å². The van der Waals surface area contributed by atoms with E-state index in [9.17, 15) is 9.90 Å². The van der Waals surface area contributed by atoms with Gasteiger partial charge in [0, 0.05) is 12.6 Å². The summed E-state index contributed by atoms with van der Waals surface area (Å²) >= 11 is 0. The van der Waals surface area contributed by atoms with Crippen LogP contribution in [0, 0.1) is 0 Å². The van der Waals surface area contributed by atoms with E-state index in [1.807, 2.05) is 42.5 Å². The Morgan fingerprint density at radius 1 is 1.07 bits per heavy atom. The van der Waals surface area contributed by atoms with E-state index in [2.05, 4.69) is 10.5 Å². The molecule has 4 rings (SSSR count). The number of nitrogens with one attached hydrogen (secondary N) is 1. The van der Waals surface area contributed by atoms with Crippen molar-refractivity contribution in [2.24, 2.45) is 0 Å². The summed E-state index contributed by atoms with van der Waals surface area (Å²) in [5, 5.41) is 19.1. The van der Waals surface area contributed by atoms with Gasteiger partial charge in [0.25, 0.3) is 5.91 Å². The molecular weight excluding hydrogens is 344 g/mol. The van der Waals surface area contributed by atoms with E-state index in [-0.39, 0.29) is 11.6 Å². The minimum Gasteiger partial charge on any atom is -0.461 e. The topological polar surface area (TPSA) is 88.5 Å². The molecule has 136 valence electrons. The number of carbonyl (C=O) groups excluding carboxylic acids is 1. The number of hydrogen-bond donors (Lipinski definition) is 2. The second kappa shape index (κ2) is 7.47.